The Labute approximate surface area is 116 Å². The van der Waals surface area contributed by atoms with Crippen LogP contribution in [-0.2, 0) is 0 Å². The van der Waals surface area contributed by atoms with E-state index in [1.54, 1.807) is 31.4 Å². The molecule has 2 aromatic carbocycles. The molecule has 2 rings (SSSR count). The number of hydrogen-bond acceptors (Lipinski definition) is 4. The number of ether oxygens (including phenoxy) is 2. The van der Waals surface area contributed by atoms with Crippen LogP contribution < -0.4 is 14.9 Å². The van der Waals surface area contributed by atoms with Crippen LogP contribution in [0.1, 0.15) is 5.56 Å². The van der Waals surface area contributed by atoms with Gasteiger partial charge >= 0.3 is 6.09 Å². The van der Waals surface area contributed by atoms with E-state index in [-0.39, 0.29) is 0 Å². The number of rotatable bonds is 4. The molecule has 20 heavy (non-hydrogen) atoms. The molecule has 0 atom stereocenters. The number of nitrogens with zero attached hydrogens (tertiary/aromatic N) is 1. The first-order valence-electron chi connectivity index (χ1n) is 5.98. The smallest absolute Gasteiger partial charge is 0.433 e. The maximum atomic E-state index is 11.5. The molecular weight excluding hydrogens is 256 g/mol. The molecule has 0 aliphatic carbocycles. The van der Waals surface area contributed by atoms with Crippen molar-refractivity contribution in [1.82, 2.24) is 5.43 Å². The summed E-state index contributed by atoms with van der Waals surface area (Å²) in [6, 6.07) is 16.1. The van der Waals surface area contributed by atoms with E-state index in [1.807, 2.05) is 30.3 Å². The van der Waals surface area contributed by atoms with Gasteiger partial charge in [-0.2, -0.15) is 5.10 Å². The summed E-state index contributed by atoms with van der Waals surface area (Å²) in [4.78, 5) is 11.5. The minimum absolute atomic E-state index is 0.456. The molecule has 0 saturated heterocycles. The van der Waals surface area contributed by atoms with Crippen molar-refractivity contribution in [2.24, 2.45) is 5.10 Å². The van der Waals surface area contributed by atoms with Crippen LogP contribution in [0.25, 0.3) is 0 Å². The number of amides is 1. The van der Waals surface area contributed by atoms with E-state index in [0.29, 0.717) is 11.5 Å². The van der Waals surface area contributed by atoms with Gasteiger partial charge in [0.2, 0.25) is 0 Å². The Hall–Kier alpha value is -2.82. The van der Waals surface area contributed by atoms with E-state index in [9.17, 15) is 4.79 Å². The molecule has 0 saturated carbocycles. The average Bonchev–Trinajstić information content (AvgIpc) is 2.49. The summed E-state index contributed by atoms with van der Waals surface area (Å²) in [5.41, 5.74) is 3.04. The highest BCUT2D eigenvalue weighted by Crippen LogP contribution is 2.14. The van der Waals surface area contributed by atoms with Gasteiger partial charge in [0.15, 0.2) is 0 Å². The summed E-state index contributed by atoms with van der Waals surface area (Å²) in [6.07, 6.45) is 0.841. The molecule has 5 heteroatoms. The first-order valence-corrected chi connectivity index (χ1v) is 5.98. The second kappa shape index (κ2) is 6.94. The number of para-hydroxylation sites is 2. The Morgan fingerprint density at radius 2 is 1.80 bits per heavy atom. The molecule has 1 N–H and O–H groups in total. The summed E-state index contributed by atoms with van der Waals surface area (Å²) < 4.78 is 10.2. The third-order valence-electron chi connectivity index (χ3n) is 2.45. The molecule has 2 aromatic rings. The van der Waals surface area contributed by atoms with E-state index >= 15 is 0 Å². The number of methoxy groups -OCH3 is 1. The van der Waals surface area contributed by atoms with Gasteiger partial charge in [0.1, 0.15) is 11.5 Å². The van der Waals surface area contributed by atoms with Gasteiger partial charge < -0.3 is 9.47 Å². The van der Waals surface area contributed by atoms with Crippen LogP contribution in [0, 0.1) is 0 Å². The predicted molar refractivity (Wildman–Crippen MR) is 76.2 cm³/mol. The van der Waals surface area contributed by atoms with E-state index in [2.05, 4.69) is 10.5 Å². The second-order valence-electron chi connectivity index (χ2n) is 3.81. The van der Waals surface area contributed by atoms with Gasteiger partial charge in [0, 0.05) is 5.56 Å². The van der Waals surface area contributed by atoms with Gasteiger partial charge in [-0.05, 0) is 24.3 Å². The number of nitrogens with one attached hydrogen (secondary N) is 1. The highest BCUT2D eigenvalue weighted by molar-refractivity contribution is 5.84. The summed E-state index contributed by atoms with van der Waals surface area (Å²) >= 11 is 0. The zero-order valence-corrected chi connectivity index (χ0v) is 10.9. The van der Waals surface area contributed by atoms with Crippen molar-refractivity contribution < 1.29 is 14.3 Å². The highest BCUT2D eigenvalue weighted by Gasteiger charge is 2.02. The van der Waals surface area contributed by atoms with E-state index in [1.165, 1.54) is 6.21 Å². The van der Waals surface area contributed by atoms with Crippen LogP contribution in [0.15, 0.2) is 59.7 Å². The lowest BCUT2D eigenvalue weighted by molar-refractivity contribution is 0.201. The van der Waals surface area contributed by atoms with Gasteiger partial charge in [0.05, 0.1) is 13.3 Å². The van der Waals surface area contributed by atoms with Gasteiger partial charge in [-0.3, -0.25) is 0 Å². The van der Waals surface area contributed by atoms with Gasteiger partial charge in [-0.1, -0.05) is 30.3 Å². The van der Waals surface area contributed by atoms with Gasteiger partial charge in [-0.25, -0.2) is 10.2 Å². The zero-order chi connectivity index (χ0) is 14.2. The normalized spacial score (nSPS) is 10.2. The number of carbonyl (C=O) groups excluding carboxylic acids is 1. The topological polar surface area (TPSA) is 59.9 Å². The zero-order valence-electron chi connectivity index (χ0n) is 10.9. The van der Waals surface area contributed by atoms with Crippen molar-refractivity contribution in [2.75, 3.05) is 7.11 Å². The Morgan fingerprint density at radius 3 is 2.55 bits per heavy atom. The number of hydrogen-bond donors (Lipinski definition) is 1. The fourth-order valence-corrected chi connectivity index (χ4v) is 1.55. The van der Waals surface area contributed by atoms with Crippen LogP contribution >= 0.6 is 0 Å². The van der Waals surface area contributed by atoms with E-state index in [4.69, 9.17) is 9.47 Å². The Kier molecular flexibility index (Phi) is 4.72. The fourth-order valence-electron chi connectivity index (χ4n) is 1.55. The van der Waals surface area contributed by atoms with Crippen molar-refractivity contribution in [3.63, 3.8) is 0 Å². The fraction of sp³-hybridized carbons (Fsp3) is 0.0667. The summed E-state index contributed by atoms with van der Waals surface area (Å²) in [5.74, 6) is 1.13. The lowest BCUT2D eigenvalue weighted by Gasteiger charge is -2.04. The highest BCUT2D eigenvalue weighted by atomic mass is 16.6. The minimum Gasteiger partial charge on any atom is -0.496 e. The Bertz CT molecular complexity index is 597. The molecule has 0 bridgehead atoms. The third kappa shape index (κ3) is 3.84. The largest absolute Gasteiger partial charge is 0.496 e. The van der Waals surface area contributed by atoms with Crippen LogP contribution in [0.3, 0.4) is 0 Å². The minimum atomic E-state index is -0.651. The number of carbonyl (C=O) groups is 1. The second-order valence-corrected chi connectivity index (χ2v) is 3.81. The van der Waals surface area contributed by atoms with Crippen molar-refractivity contribution in [3.05, 3.63) is 60.2 Å². The van der Waals surface area contributed by atoms with E-state index in [0.717, 1.165) is 5.56 Å². The molecule has 0 spiro atoms. The summed E-state index contributed by atoms with van der Waals surface area (Å²) in [5, 5.41) is 3.82. The van der Waals surface area contributed by atoms with Crippen LogP contribution in [0.5, 0.6) is 11.5 Å². The monoisotopic (exact) mass is 270 g/mol. The molecule has 0 radical (unpaired) electrons. The molecule has 1 amide bonds. The first kappa shape index (κ1) is 13.6. The summed E-state index contributed by atoms with van der Waals surface area (Å²) in [7, 11) is 1.57. The Morgan fingerprint density at radius 1 is 1.10 bits per heavy atom. The molecular formula is C15H14N2O3. The molecule has 5 nitrogen and oxygen atoms in total. The molecule has 102 valence electrons. The van der Waals surface area contributed by atoms with Crippen molar-refractivity contribution in [3.8, 4) is 11.5 Å². The third-order valence-corrected chi connectivity index (χ3v) is 2.45. The molecule has 0 unspecified atom stereocenters. The van der Waals surface area contributed by atoms with Crippen LogP contribution in [-0.4, -0.2) is 19.4 Å². The van der Waals surface area contributed by atoms with Gasteiger partial charge in [-0.15, -0.1) is 0 Å². The first-order chi connectivity index (χ1) is 9.79. The lowest BCUT2D eigenvalue weighted by atomic mass is 10.2. The number of benzene rings is 2. The molecule has 0 heterocycles. The number of hydrazone groups is 1. The van der Waals surface area contributed by atoms with E-state index < -0.39 is 6.09 Å². The molecule has 0 aliphatic rings. The standard InChI is InChI=1S/C15H14N2O3/c1-19-14-10-6-5-7-12(14)11-16-17-15(18)20-13-8-3-2-4-9-13/h2-11H,1H3,(H,17,18)/b16-11+. The summed E-state index contributed by atoms with van der Waals surface area (Å²) in [6.45, 7) is 0. The predicted octanol–water partition coefficient (Wildman–Crippen LogP) is 2.82. The maximum absolute atomic E-state index is 11.5. The maximum Gasteiger partial charge on any atom is 0.433 e. The molecule has 0 aliphatic heterocycles. The van der Waals surface area contributed by atoms with Crippen molar-refractivity contribution in [1.29, 1.82) is 0 Å². The van der Waals surface area contributed by atoms with Gasteiger partial charge in [0.25, 0.3) is 0 Å². The van der Waals surface area contributed by atoms with Crippen LogP contribution in [0.2, 0.25) is 0 Å². The molecule has 0 aromatic heterocycles. The Balaban J connectivity index is 1.91. The van der Waals surface area contributed by atoms with Crippen LogP contribution in [0.4, 0.5) is 4.79 Å². The lowest BCUT2D eigenvalue weighted by Crippen LogP contribution is -2.21. The quantitative estimate of drug-likeness (QED) is 0.686. The average molecular weight is 270 g/mol. The van der Waals surface area contributed by atoms with Crippen molar-refractivity contribution >= 4 is 12.3 Å². The SMILES string of the molecule is COc1ccccc1/C=N/NC(=O)Oc1ccccc1. The molecule has 0 fully saturated rings. The van der Waals surface area contributed by atoms with Crippen molar-refractivity contribution in [2.45, 2.75) is 0 Å².